The number of hydrogen-bond donors (Lipinski definition) is 2. The van der Waals surface area contributed by atoms with Gasteiger partial charge < -0.3 is 15.2 Å². The molecule has 6 heteroatoms. The van der Waals surface area contributed by atoms with Crippen LogP contribution < -0.4 is 5.32 Å². The Bertz CT molecular complexity index is 824. The maximum absolute atomic E-state index is 12.1. The molecule has 0 unspecified atom stereocenters. The van der Waals surface area contributed by atoms with Crippen molar-refractivity contribution in [3.8, 4) is 11.8 Å². The van der Waals surface area contributed by atoms with Crippen LogP contribution in [-0.2, 0) is 9.53 Å². The van der Waals surface area contributed by atoms with Crippen LogP contribution in [0.25, 0.3) is 0 Å². The normalized spacial score (nSPS) is 11.2. The molecule has 2 aromatic rings. The average molecular weight is 324 g/mol. The first-order valence-electron chi connectivity index (χ1n) is 7.22. The van der Waals surface area contributed by atoms with Gasteiger partial charge in [0.25, 0.3) is 5.91 Å². The SMILES string of the molecule is Cc1ccc(C(=O)O[C@@H](C)C(=O)Nc2cccc(C#N)c2)c(O)c1. The Morgan fingerprint density at radius 3 is 2.67 bits per heavy atom. The van der Waals surface area contributed by atoms with E-state index in [1.54, 1.807) is 31.2 Å². The molecule has 2 N–H and O–H groups in total. The molecule has 0 fully saturated rings. The molecule has 0 saturated heterocycles. The number of aromatic hydroxyl groups is 1. The summed E-state index contributed by atoms with van der Waals surface area (Å²) in [6.07, 6.45) is -1.07. The van der Waals surface area contributed by atoms with Gasteiger partial charge in [0.2, 0.25) is 0 Å². The average Bonchev–Trinajstić information content (AvgIpc) is 2.54. The molecule has 0 heterocycles. The molecule has 0 bridgehead atoms. The number of phenols is 1. The second kappa shape index (κ2) is 7.29. The minimum Gasteiger partial charge on any atom is -0.507 e. The zero-order valence-electron chi connectivity index (χ0n) is 13.2. The second-order valence-electron chi connectivity index (χ2n) is 5.25. The summed E-state index contributed by atoms with van der Waals surface area (Å²) < 4.78 is 5.07. The first-order chi connectivity index (χ1) is 11.4. The third kappa shape index (κ3) is 4.11. The number of nitrogens with one attached hydrogen (secondary N) is 1. The van der Waals surface area contributed by atoms with E-state index in [4.69, 9.17) is 10.00 Å². The third-order valence-electron chi connectivity index (χ3n) is 3.29. The van der Waals surface area contributed by atoms with Crippen molar-refractivity contribution >= 4 is 17.6 Å². The van der Waals surface area contributed by atoms with E-state index in [0.29, 0.717) is 11.3 Å². The number of nitrogens with zero attached hydrogens (tertiary/aromatic N) is 1. The molecule has 0 aliphatic heterocycles. The van der Waals surface area contributed by atoms with Crippen LogP contribution in [0.3, 0.4) is 0 Å². The van der Waals surface area contributed by atoms with Gasteiger partial charge in [0, 0.05) is 5.69 Å². The number of esters is 1. The molecule has 6 nitrogen and oxygen atoms in total. The highest BCUT2D eigenvalue weighted by Gasteiger charge is 2.21. The maximum atomic E-state index is 12.1. The van der Waals surface area contributed by atoms with E-state index in [1.807, 2.05) is 6.07 Å². The molecule has 1 atom stereocenters. The number of benzene rings is 2. The summed E-state index contributed by atoms with van der Waals surface area (Å²) in [5, 5.41) is 21.2. The van der Waals surface area contributed by atoms with Gasteiger partial charge in [-0.15, -0.1) is 0 Å². The quantitative estimate of drug-likeness (QED) is 0.842. The molecule has 0 aromatic heterocycles. The maximum Gasteiger partial charge on any atom is 0.342 e. The standard InChI is InChI=1S/C18H16N2O4/c1-11-6-7-15(16(21)8-11)18(23)24-12(2)17(22)20-14-5-3-4-13(9-14)10-19/h3-9,12,21H,1-2H3,(H,20,22)/t12-/m0/s1. The van der Waals surface area contributed by atoms with Crippen molar-refractivity contribution in [1.82, 2.24) is 0 Å². The van der Waals surface area contributed by atoms with Gasteiger partial charge in [-0.3, -0.25) is 4.79 Å². The Hall–Kier alpha value is -3.33. The van der Waals surface area contributed by atoms with E-state index in [1.165, 1.54) is 25.1 Å². The van der Waals surface area contributed by atoms with E-state index >= 15 is 0 Å². The predicted molar refractivity (Wildman–Crippen MR) is 87.5 cm³/mol. The largest absolute Gasteiger partial charge is 0.507 e. The summed E-state index contributed by atoms with van der Waals surface area (Å²) in [7, 11) is 0. The van der Waals surface area contributed by atoms with Gasteiger partial charge in [0.1, 0.15) is 11.3 Å². The Labute approximate surface area is 139 Å². The van der Waals surface area contributed by atoms with Crippen molar-refractivity contribution in [3.63, 3.8) is 0 Å². The molecular weight excluding hydrogens is 308 g/mol. The second-order valence-corrected chi connectivity index (χ2v) is 5.25. The molecule has 0 aliphatic carbocycles. The smallest absolute Gasteiger partial charge is 0.342 e. The van der Waals surface area contributed by atoms with Gasteiger partial charge in [0.15, 0.2) is 6.10 Å². The number of phenolic OH excluding ortho intramolecular Hbond substituents is 1. The van der Waals surface area contributed by atoms with Crippen LogP contribution in [0.15, 0.2) is 42.5 Å². The van der Waals surface area contributed by atoms with E-state index in [2.05, 4.69) is 5.32 Å². The number of nitriles is 1. The molecule has 2 rings (SSSR count). The van der Waals surface area contributed by atoms with Crippen LogP contribution in [0.1, 0.15) is 28.4 Å². The van der Waals surface area contributed by atoms with Crippen molar-refractivity contribution in [1.29, 1.82) is 5.26 Å². The van der Waals surface area contributed by atoms with Crippen molar-refractivity contribution in [2.24, 2.45) is 0 Å². The lowest BCUT2D eigenvalue weighted by atomic mass is 10.1. The van der Waals surface area contributed by atoms with Gasteiger partial charge in [-0.05, 0) is 49.7 Å². The van der Waals surface area contributed by atoms with E-state index < -0.39 is 18.0 Å². The molecule has 2 aromatic carbocycles. The van der Waals surface area contributed by atoms with Crippen LogP contribution in [0, 0.1) is 18.3 Å². The zero-order valence-corrected chi connectivity index (χ0v) is 13.2. The summed E-state index contributed by atoms with van der Waals surface area (Å²) in [6.45, 7) is 3.20. The molecule has 0 aliphatic rings. The van der Waals surface area contributed by atoms with Crippen LogP contribution in [0.2, 0.25) is 0 Å². The Kier molecular flexibility index (Phi) is 5.17. The number of amides is 1. The first-order valence-corrected chi connectivity index (χ1v) is 7.22. The summed E-state index contributed by atoms with van der Waals surface area (Å²) in [6, 6.07) is 12.9. The summed E-state index contributed by atoms with van der Waals surface area (Å²) in [4.78, 5) is 24.1. The Balaban J connectivity index is 2.03. The number of rotatable bonds is 4. The van der Waals surface area contributed by atoms with Crippen LogP contribution in [0.4, 0.5) is 5.69 Å². The van der Waals surface area contributed by atoms with Crippen LogP contribution in [-0.4, -0.2) is 23.1 Å². The van der Waals surface area contributed by atoms with Crippen molar-refractivity contribution in [2.75, 3.05) is 5.32 Å². The number of anilines is 1. The zero-order chi connectivity index (χ0) is 17.7. The lowest BCUT2D eigenvalue weighted by Crippen LogP contribution is -2.30. The monoisotopic (exact) mass is 324 g/mol. The minimum absolute atomic E-state index is 0.00766. The number of carbonyl (C=O) groups is 2. The summed E-state index contributed by atoms with van der Waals surface area (Å²) in [5.41, 5.74) is 1.63. The molecular formula is C18H16N2O4. The highest BCUT2D eigenvalue weighted by Crippen LogP contribution is 2.20. The Morgan fingerprint density at radius 1 is 1.25 bits per heavy atom. The fraction of sp³-hybridized carbons (Fsp3) is 0.167. The lowest BCUT2D eigenvalue weighted by molar-refractivity contribution is -0.123. The molecule has 0 radical (unpaired) electrons. The molecule has 1 amide bonds. The first kappa shape index (κ1) is 17.0. The van der Waals surface area contributed by atoms with Gasteiger partial charge in [0.05, 0.1) is 11.6 Å². The topological polar surface area (TPSA) is 99.4 Å². The number of hydrogen-bond acceptors (Lipinski definition) is 5. The van der Waals surface area contributed by atoms with Gasteiger partial charge in [-0.2, -0.15) is 5.26 Å². The fourth-order valence-corrected chi connectivity index (χ4v) is 2.00. The molecule has 0 saturated carbocycles. The number of ether oxygens (including phenoxy) is 1. The highest BCUT2D eigenvalue weighted by molar-refractivity contribution is 5.98. The third-order valence-corrected chi connectivity index (χ3v) is 3.29. The Morgan fingerprint density at radius 2 is 2.00 bits per heavy atom. The van der Waals surface area contributed by atoms with Crippen molar-refractivity contribution < 1.29 is 19.4 Å². The van der Waals surface area contributed by atoms with Crippen molar-refractivity contribution in [2.45, 2.75) is 20.0 Å². The summed E-state index contributed by atoms with van der Waals surface area (Å²) >= 11 is 0. The minimum atomic E-state index is -1.07. The van der Waals surface area contributed by atoms with E-state index in [0.717, 1.165) is 5.56 Å². The van der Waals surface area contributed by atoms with E-state index in [-0.39, 0.29) is 11.3 Å². The van der Waals surface area contributed by atoms with Gasteiger partial charge in [-0.25, -0.2) is 4.79 Å². The molecule has 24 heavy (non-hydrogen) atoms. The van der Waals surface area contributed by atoms with Crippen LogP contribution in [0.5, 0.6) is 5.75 Å². The summed E-state index contributed by atoms with van der Waals surface area (Å²) in [5.74, 6) is -1.53. The highest BCUT2D eigenvalue weighted by atomic mass is 16.5. The number of carbonyl (C=O) groups excluding carboxylic acids is 2. The molecule has 0 spiro atoms. The van der Waals surface area contributed by atoms with Crippen LogP contribution >= 0.6 is 0 Å². The predicted octanol–water partition coefficient (Wildman–Crippen LogP) is 2.76. The van der Waals surface area contributed by atoms with Gasteiger partial charge in [-0.1, -0.05) is 12.1 Å². The lowest BCUT2D eigenvalue weighted by Gasteiger charge is -2.14. The number of aryl methyl sites for hydroxylation is 1. The molecule has 122 valence electrons. The van der Waals surface area contributed by atoms with E-state index in [9.17, 15) is 14.7 Å². The fourth-order valence-electron chi connectivity index (χ4n) is 2.00. The van der Waals surface area contributed by atoms with Gasteiger partial charge >= 0.3 is 5.97 Å². The van der Waals surface area contributed by atoms with Crippen molar-refractivity contribution in [3.05, 3.63) is 59.2 Å².